The van der Waals surface area contributed by atoms with E-state index in [0.29, 0.717) is 0 Å². The van der Waals surface area contributed by atoms with Crippen molar-refractivity contribution in [3.8, 4) is 0 Å². The second-order valence-electron chi connectivity index (χ2n) is 2.97. The van der Waals surface area contributed by atoms with Crippen LogP contribution in [0.1, 0.15) is 0 Å². The smallest absolute Gasteiger partial charge is 0.0906 e. The molecule has 2 aromatic heterocycles. The molecule has 0 fully saturated rings. The number of benzene rings is 1. The van der Waals surface area contributed by atoms with Crippen LogP contribution in [0, 0.1) is 0 Å². The first-order chi connectivity index (χ1) is 6.34. The zero-order chi connectivity index (χ0) is 8.84. The highest BCUT2D eigenvalue weighted by Crippen LogP contribution is 2.25. The average molecular weight is 192 g/mol. The van der Waals surface area contributed by atoms with Gasteiger partial charge in [0, 0.05) is 15.9 Å². The minimum absolute atomic E-state index is 0.739. The van der Waals surface area contributed by atoms with Crippen molar-refractivity contribution in [1.29, 1.82) is 0 Å². The number of nitrogens with one attached hydrogen (secondary N) is 2. The predicted octanol–water partition coefficient (Wildman–Crippen LogP) is 2.70. The molecule has 0 aliphatic heterocycles. The topological polar surface area (TPSA) is 44.5 Å². The molecule has 0 amide bonds. The maximum absolute atomic E-state index is 5.89. The van der Waals surface area contributed by atoms with E-state index in [2.05, 4.69) is 15.2 Å². The third kappa shape index (κ3) is 0.876. The van der Waals surface area contributed by atoms with Crippen molar-refractivity contribution >= 4 is 33.5 Å². The molecule has 4 heteroatoms. The number of aromatic nitrogens is 3. The summed E-state index contributed by atoms with van der Waals surface area (Å²) < 4.78 is 0. The molecule has 0 radical (unpaired) electrons. The van der Waals surface area contributed by atoms with Crippen molar-refractivity contribution in [2.75, 3.05) is 0 Å². The standard InChI is InChI=1S/C9H6ClN3/c10-5-1-2-7-6(3-5)9-8(12-7)4-11-13-9/h1-4,12H,(H,11,13). The lowest BCUT2D eigenvalue weighted by Gasteiger charge is -1.90. The minimum Gasteiger partial charge on any atom is -0.352 e. The van der Waals surface area contributed by atoms with Gasteiger partial charge in [-0.2, -0.15) is 5.10 Å². The Hall–Kier alpha value is -1.48. The summed E-state index contributed by atoms with van der Waals surface area (Å²) >= 11 is 5.89. The fourth-order valence-corrected chi connectivity index (χ4v) is 1.74. The van der Waals surface area contributed by atoms with E-state index in [1.165, 1.54) is 0 Å². The van der Waals surface area contributed by atoms with Crippen molar-refractivity contribution in [2.24, 2.45) is 0 Å². The summed E-state index contributed by atoms with van der Waals surface area (Å²) in [5, 5.41) is 8.69. The average Bonchev–Trinajstić information content (AvgIpc) is 2.64. The number of halogens is 1. The van der Waals surface area contributed by atoms with Gasteiger partial charge in [-0.25, -0.2) is 0 Å². The molecule has 0 spiro atoms. The van der Waals surface area contributed by atoms with Gasteiger partial charge in [0.2, 0.25) is 0 Å². The molecule has 2 N–H and O–H groups in total. The van der Waals surface area contributed by atoms with Crippen molar-refractivity contribution in [3.63, 3.8) is 0 Å². The Morgan fingerprint density at radius 1 is 1.23 bits per heavy atom. The quantitative estimate of drug-likeness (QED) is 0.564. The Balaban J connectivity index is 2.61. The molecule has 64 valence electrons. The molecule has 0 atom stereocenters. The molecular formula is C9H6ClN3. The second kappa shape index (κ2) is 2.26. The molecule has 0 aliphatic carbocycles. The van der Waals surface area contributed by atoms with Gasteiger partial charge >= 0.3 is 0 Å². The Kier molecular flexibility index (Phi) is 1.21. The largest absolute Gasteiger partial charge is 0.352 e. The van der Waals surface area contributed by atoms with Crippen LogP contribution in [0.25, 0.3) is 21.9 Å². The highest BCUT2D eigenvalue weighted by Gasteiger charge is 2.04. The number of H-pyrrole nitrogens is 2. The maximum Gasteiger partial charge on any atom is 0.0906 e. The van der Waals surface area contributed by atoms with Crippen LogP contribution in [-0.4, -0.2) is 15.2 Å². The number of hydrogen-bond acceptors (Lipinski definition) is 1. The molecule has 1 aromatic carbocycles. The summed E-state index contributed by atoms with van der Waals surface area (Å²) in [5.74, 6) is 0. The summed E-state index contributed by atoms with van der Waals surface area (Å²) in [7, 11) is 0. The highest BCUT2D eigenvalue weighted by atomic mass is 35.5. The monoisotopic (exact) mass is 191 g/mol. The molecule has 3 aromatic rings. The van der Waals surface area contributed by atoms with Crippen molar-refractivity contribution in [1.82, 2.24) is 15.2 Å². The van der Waals surface area contributed by atoms with Gasteiger partial charge in [0.1, 0.15) is 0 Å². The third-order valence-electron chi connectivity index (χ3n) is 2.16. The summed E-state index contributed by atoms with van der Waals surface area (Å²) in [6.07, 6.45) is 1.77. The van der Waals surface area contributed by atoms with Crippen LogP contribution in [0.4, 0.5) is 0 Å². The Morgan fingerprint density at radius 2 is 2.15 bits per heavy atom. The van der Waals surface area contributed by atoms with Gasteiger partial charge in [0.05, 0.1) is 17.2 Å². The van der Waals surface area contributed by atoms with Gasteiger partial charge in [-0.1, -0.05) is 11.6 Å². The van der Waals surface area contributed by atoms with E-state index in [9.17, 15) is 0 Å². The number of fused-ring (bicyclic) bond motifs is 3. The molecule has 0 saturated heterocycles. The summed E-state index contributed by atoms with van der Waals surface area (Å²) in [5.41, 5.74) is 3.10. The van der Waals surface area contributed by atoms with Crippen molar-refractivity contribution < 1.29 is 0 Å². The SMILES string of the molecule is Clc1ccc2[nH]c3cn[nH]c3c2c1. The van der Waals surface area contributed by atoms with Gasteiger partial charge < -0.3 is 4.98 Å². The first-order valence-electron chi connectivity index (χ1n) is 3.95. The minimum atomic E-state index is 0.739. The zero-order valence-corrected chi connectivity index (χ0v) is 7.39. The number of nitrogens with zero attached hydrogens (tertiary/aromatic N) is 1. The summed E-state index contributed by atoms with van der Waals surface area (Å²) in [6, 6.07) is 5.76. The molecule has 2 heterocycles. The first kappa shape index (κ1) is 6.97. The lowest BCUT2D eigenvalue weighted by Crippen LogP contribution is -1.70. The van der Waals surface area contributed by atoms with Crippen LogP contribution in [0.2, 0.25) is 5.02 Å². The molecule has 0 aliphatic rings. The van der Waals surface area contributed by atoms with Gasteiger partial charge in [0.15, 0.2) is 0 Å². The summed E-state index contributed by atoms with van der Waals surface area (Å²) in [4.78, 5) is 3.23. The summed E-state index contributed by atoms with van der Waals surface area (Å²) in [6.45, 7) is 0. The van der Waals surface area contributed by atoms with Crippen LogP contribution in [-0.2, 0) is 0 Å². The van der Waals surface area contributed by atoms with E-state index < -0.39 is 0 Å². The van der Waals surface area contributed by atoms with Gasteiger partial charge in [0.25, 0.3) is 0 Å². The fourth-order valence-electron chi connectivity index (χ4n) is 1.56. The highest BCUT2D eigenvalue weighted by molar-refractivity contribution is 6.31. The van der Waals surface area contributed by atoms with Crippen molar-refractivity contribution in [2.45, 2.75) is 0 Å². The van der Waals surface area contributed by atoms with Gasteiger partial charge in [-0.3, -0.25) is 5.10 Å². The van der Waals surface area contributed by atoms with Gasteiger partial charge in [-0.15, -0.1) is 0 Å². The fraction of sp³-hybridized carbons (Fsp3) is 0. The molecule has 0 bridgehead atoms. The molecule has 0 saturated carbocycles. The Labute approximate surface area is 78.7 Å². The van der Waals surface area contributed by atoms with Crippen LogP contribution in [0.15, 0.2) is 24.4 Å². The van der Waals surface area contributed by atoms with Crippen LogP contribution in [0.3, 0.4) is 0 Å². The van der Waals surface area contributed by atoms with E-state index in [-0.39, 0.29) is 0 Å². The lowest BCUT2D eigenvalue weighted by atomic mass is 10.2. The van der Waals surface area contributed by atoms with E-state index in [4.69, 9.17) is 11.6 Å². The number of rotatable bonds is 0. The molecular weight excluding hydrogens is 186 g/mol. The Bertz CT molecular complexity index is 579. The van der Waals surface area contributed by atoms with E-state index in [1.807, 2.05) is 18.2 Å². The molecule has 0 unspecified atom stereocenters. The van der Waals surface area contributed by atoms with Crippen LogP contribution < -0.4 is 0 Å². The van der Waals surface area contributed by atoms with E-state index in [0.717, 1.165) is 27.0 Å². The number of aromatic amines is 2. The maximum atomic E-state index is 5.89. The molecule has 13 heavy (non-hydrogen) atoms. The van der Waals surface area contributed by atoms with Crippen LogP contribution in [0.5, 0.6) is 0 Å². The zero-order valence-electron chi connectivity index (χ0n) is 6.63. The van der Waals surface area contributed by atoms with Gasteiger partial charge in [-0.05, 0) is 18.2 Å². The number of hydrogen-bond donors (Lipinski definition) is 2. The molecule has 3 rings (SSSR count). The predicted molar refractivity (Wildman–Crippen MR) is 53.0 cm³/mol. The van der Waals surface area contributed by atoms with E-state index >= 15 is 0 Å². The van der Waals surface area contributed by atoms with Crippen LogP contribution >= 0.6 is 11.6 Å². The van der Waals surface area contributed by atoms with Crippen molar-refractivity contribution in [3.05, 3.63) is 29.4 Å². The van der Waals surface area contributed by atoms with E-state index in [1.54, 1.807) is 6.20 Å². The normalized spacial score (nSPS) is 11.5. The first-order valence-corrected chi connectivity index (χ1v) is 4.33. The lowest BCUT2D eigenvalue weighted by molar-refractivity contribution is 1.12. The Morgan fingerprint density at radius 3 is 3.08 bits per heavy atom. The molecule has 3 nitrogen and oxygen atoms in total. The third-order valence-corrected chi connectivity index (χ3v) is 2.39. The second-order valence-corrected chi connectivity index (χ2v) is 3.41.